The van der Waals surface area contributed by atoms with E-state index in [2.05, 4.69) is 10.5 Å². The maximum Gasteiger partial charge on any atom is 0.335 e. The van der Waals surface area contributed by atoms with Gasteiger partial charge in [-0.05, 0) is 24.3 Å². The van der Waals surface area contributed by atoms with Gasteiger partial charge < -0.3 is 15.3 Å². The van der Waals surface area contributed by atoms with Gasteiger partial charge in [-0.2, -0.15) is 0 Å². The van der Waals surface area contributed by atoms with Crippen molar-refractivity contribution in [3.63, 3.8) is 0 Å². The summed E-state index contributed by atoms with van der Waals surface area (Å²) in [7, 11) is 0. The molecule has 0 aromatic heterocycles. The van der Waals surface area contributed by atoms with Crippen LogP contribution in [0, 0.1) is 5.82 Å². The van der Waals surface area contributed by atoms with Gasteiger partial charge in [0.1, 0.15) is 5.82 Å². The monoisotopic (exact) mass is 286 g/mol. The summed E-state index contributed by atoms with van der Waals surface area (Å²) in [5.41, 5.74) is 1.35. The van der Waals surface area contributed by atoms with Crippen molar-refractivity contribution in [2.24, 2.45) is 5.16 Å². The lowest BCUT2D eigenvalue weighted by molar-refractivity contribution is 0.0696. The molecular formula is C15H11FN2O3. The minimum Gasteiger partial charge on any atom is -0.478 e. The number of carboxylic acids is 1. The Morgan fingerprint density at radius 2 is 2.05 bits per heavy atom. The summed E-state index contributed by atoms with van der Waals surface area (Å²) in [5.74, 6) is -0.968. The van der Waals surface area contributed by atoms with E-state index in [4.69, 9.17) is 9.94 Å². The molecule has 0 bridgehead atoms. The van der Waals surface area contributed by atoms with Crippen molar-refractivity contribution < 1.29 is 19.1 Å². The van der Waals surface area contributed by atoms with Crippen LogP contribution in [-0.2, 0) is 4.84 Å². The molecule has 0 fully saturated rings. The standard InChI is InChI=1S/C15H11FN2O3/c16-12-6-2-4-10(8-12)14-17-13(18-21-14)9-3-1-5-11(7-9)15(19)20/h1-8,14H,(H,17,18)(H,19,20). The summed E-state index contributed by atoms with van der Waals surface area (Å²) in [6.07, 6.45) is -0.593. The van der Waals surface area contributed by atoms with Crippen molar-refractivity contribution in [2.45, 2.75) is 6.23 Å². The topological polar surface area (TPSA) is 70.9 Å². The Bertz CT molecular complexity index is 730. The van der Waals surface area contributed by atoms with Crippen LogP contribution in [-0.4, -0.2) is 16.9 Å². The minimum absolute atomic E-state index is 0.159. The van der Waals surface area contributed by atoms with Gasteiger partial charge in [-0.15, -0.1) is 0 Å². The van der Waals surface area contributed by atoms with Crippen LogP contribution in [0.5, 0.6) is 0 Å². The zero-order valence-corrected chi connectivity index (χ0v) is 10.8. The van der Waals surface area contributed by atoms with Crippen molar-refractivity contribution in [1.82, 2.24) is 5.32 Å². The molecule has 3 rings (SSSR count). The second-order valence-electron chi connectivity index (χ2n) is 4.51. The lowest BCUT2D eigenvalue weighted by Gasteiger charge is -2.10. The Hall–Kier alpha value is -2.89. The maximum absolute atomic E-state index is 13.2. The van der Waals surface area contributed by atoms with E-state index in [0.717, 1.165) is 0 Å². The van der Waals surface area contributed by atoms with Crippen LogP contribution >= 0.6 is 0 Å². The summed E-state index contributed by atoms with van der Waals surface area (Å²) in [5, 5.41) is 15.8. The summed E-state index contributed by atoms with van der Waals surface area (Å²) in [6, 6.07) is 12.3. The van der Waals surface area contributed by atoms with Gasteiger partial charge in [0.2, 0.25) is 6.23 Å². The second-order valence-corrected chi connectivity index (χ2v) is 4.51. The van der Waals surface area contributed by atoms with E-state index >= 15 is 0 Å². The Balaban J connectivity index is 1.81. The van der Waals surface area contributed by atoms with Gasteiger partial charge in [-0.25, -0.2) is 9.18 Å². The fourth-order valence-electron chi connectivity index (χ4n) is 2.03. The number of hydrogen-bond acceptors (Lipinski definition) is 4. The minimum atomic E-state index is -1.02. The molecule has 1 heterocycles. The molecule has 2 aromatic carbocycles. The summed E-state index contributed by atoms with van der Waals surface area (Å²) < 4.78 is 13.2. The zero-order valence-electron chi connectivity index (χ0n) is 10.8. The molecule has 0 saturated heterocycles. The number of rotatable bonds is 3. The van der Waals surface area contributed by atoms with Crippen molar-refractivity contribution in [3.05, 3.63) is 71.0 Å². The molecule has 0 saturated carbocycles. The van der Waals surface area contributed by atoms with Crippen LogP contribution < -0.4 is 5.32 Å². The molecular weight excluding hydrogens is 275 g/mol. The largest absolute Gasteiger partial charge is 0.478 e. The van der Waals surface area contributed by atoms with Gasteiger partial charge in [0.15, 0.2) is 5.84 Å². The molecule has 6 heteroatoms. The highest BCUT2D eigenvalue weighted by Gasteiger charge is 2.23. The number of nitrogens with zero attached hydrogens (tertiary/aromatic N) is 1. The third-order valence-corrected chi connectivity index (χ3v) is 3.05. The van der Waals surface area contributed by atoms with Gasteiger partial charge in [0.25, 0.3) is 0 Å². The van der Waals surface area contributed by atoms with E-state index in [1.54, 1.807) is 24.3 Å². The predicted molar refractivity (Wildman–Crippen MR) is 73.3 cm³/mol. The molecule has 2 N–H and O–H groups in total. The highest BCUT2D eigenvalue weighted by atomic mass is 19.1. The average molecular weight is 286 g/mol. The maximum atomic E-state index is 13.2. The molecule has 0 amide bonds. The van der Waals surface area contributed by atoms with Gasteiger partial charge in [-0.3, -0.25) is 0 Å². The number of nitrogens with one attached hydrogen (secondary N) is 1. The van der Waals surface area contributed by atoms with Crippen LogP contribution in [0.2, 0.25) is 0 Å². The molecule has 21 heavy (non-hydrogen) atoms. The van der Waals surface area contributed by atoms with Crippen molar-refractivity contribution >= 4 is 11.8 Å². The first-order valence-corrected chi connectivity index (χ1v) is 6.23. The van der Waals surface area contributed by atoms with Gasteiger partial charge >= 0.3 is 5.97 Å². The smallest absolute Gasteiger partial charge is 0.335 e. The van der Waals surface area contributed by atoms with Crippen LogP contribution in [0.15, 0.2) is 53.7 Å². The normalized spacial score (nSPS) is 16.8. The summed E-state index contributed by atoms with van der Waals surface area (Å²) in [6.45, 7) is 0. The average Bonchev–Trinajstić information content (AvgIpc) is 2.97. The lowest BCUT2D eigenvalue weighted by atomic mass is 10.1. The molecule has 1 aliphatic rings. The zero-order chi connectivity index (χ0) is 14.8. The number of hydrogen-bond donors (Lipinski definition) is 2. The molecule has 1 aliphatic heterocycles. The Morgan fingerprint density at radius 3 is 2.81 bits per heavy atom. The van der Waals surface area contributed by atoms with Crippen LogP contribution in [0.1, 0.15) is 27.7 Å². The molecule has 0 spiro atoms. The SMILES string of the molecule is O=C(O)c1cccc(C2=NOC(c3cccc(F)c3)N2)c1. The number of amidine groups is 1. The Labute approximate surface area is 119 Å². The highest BCUT2D eigenvalue weighted by molar-refractivity contribution is 6.01. The Kier molecular flexibility index (Phi) is 3.27. The van der Waals surface area contributed by atoms with Crippen molar-refractivity contribution in [2.75, 3.05) is 0 Å². The number of aromatic carboxylic acids is 1. The van der Waals surface area contributed by atoms with E-state index in [9.17, 15) is 9.18 Å². The lowest BCUT2D eigenvalue weighted by Crippen LogP contribution is -2.23. The molecule has 2 aromatic rings. The first kappa shape index (κ1) is 13.1. The van der Waals surface area contributed by atoms with Gasteiger partial charge in [-0.1, -0.05) is 29.4 Å². The number of carbonyl (C=O) groups is 1. The molecule has 1 unspecified atom stereocenters. The summed E-state index contributed by atoms with van der Waals surface area (Å²) >= 11 is 0. The van der Waals surface area contributed by atoms with E-state index in [0.29, 0.717) is 17.0 Å². The first-order chi connectivity index (χ1) is 10.1. The van der Waals surface area contributed by atoms with Crippen molar-refractivity contribution in [3.8, 4) is 0 Å². The third-order valence-electron chi connectivity index (χ3n) is 3.05. The number of benzene rings is 2. The van der Waals surface area contributed by atoms with Crippen LogP contribution in [0.25, 0.3) is 0 Å². The number of halogens is 1. The van der Waals surface area contributed by atoms with E-state index in [1.807, 2.05) is 0 Å². The first-order valence-electron chi connectivity index (χ1n) is 6.23. The fourth-order valence-corrected chi connectivity index (χ4v) is 2.03. The molecule has 0 radical (unpaired) electrons. The Morgan fingerprint density at radius 1 is 1.24 bits per heavy atom. The number of oxime groups is 1. The quantitative estimate of drug-likeness (QED) is 0.909. The highest BCUT2D eigenvalue weighted by Crippen LogP contribution is 2.21. The number of carboxylic acid groups (broad SMARTS) is 1. The molecule has 106 valence electrons. The second kappa shape index (κ2) is 5.24. The van der Waals surface area contributed by atoms with Gasteiger partial charge in [0, 0.05) is 11.1 Å². The third kappa shape index (κ3) is 2.69. The van der Waals surface area contributed by atoms with E-state index in [-0.39, 0.29) is 11.4 Å². The molecule has 5 nitrogen and oxygen atoms in total. The van der Waals surface area contributed by atoms with Crippen LogP contribution in [0.3, 0.4) is 0 Å². The van der Waals surface area contributed by atoms with E-state index in [1.165, 1.54) is 24.3 Å². The van der Waals surface area contributed by atoms with Crippen molar-refractivity contribution in [1.29, 1.82) is 0 Å². The van der Waals surface area contributed by atoms with Crippen LogP contribution in [0.4, 0.5) is 4.39 Å². The van der Waals surface area contributed by atoms with E-state index < -0.39 is 12.2 Å². The summed E-state index contributed by atoms with van der Waals surface area (Å²) in [4.78, 5) is 16.2. The molecule has 0 aliphatic carbocycles. The predicted octanol–water partition coefficient (Wildman–Crippen LogP) is 2.50. The molecule has 1 atom stereocenters. The fraction of sp³-hybridized carbons (Fsp3) is 0.0667. The van der Waals surface area contributed by atoms with Gasteiger partial charge in [0.05, 0.1) is 5.56 Å².